The zero-order chi connectivity index (χ0) is 19.0. The van der Waals surface area contributed by atoms with Crippen molar-refractivity contribution >= 4 is 32.6 Å². The highest BCUT2D eigenvalue weighted by Gasteiger charge is 2.15. The van der Waals surface area contributed by atoms with Crippen molar-refractivity contribution in [2.45, 2.75) is 18.4 Å². The molecular weight excluding hydrogens is 364 g/mol. The third kappa shape index (κ3) is 3.43. The summed E-state index contributed by atoms with van der Waals surface area (Å²) in [5.74, 6) is 0.593. The zero-order valence-corrected chi connectivity index (χ0v) is 15.9. The Morgan fingerprint density at radius 3 is 2.81 bits per heavy atom. The largest absolute Gasteiger partial charge is 0.336 e. The summed E-state index contributed by atoms with van der Waals surface area (Å²) in [7, 11) is -3.34. The number of fused-ring (bicyclic) bond motifs is 1. The molecule has 8 nitrogen and oxygen atoms in total. The zero-order valence-electron chi connectivity index (χ0n) is 15.1. The van der Waals surface area contributed by atoms with Gasteiger partial charge in [0.05, 0.1) is 23.3 Å². The van der Waals surface area contributed by atoms with Crippen molar-refractivity contribution in [3.05, 3.63) is 48.2 Å². The van der Waals surface area contributed by atoms with E-state index in [9.17, 15) is 8.42 Å². The quantitative estimate of drug-likeness (QED) is 0.709. The minimum atomic E-state index is -3.34. The number of pyridine rings is 1. The maximum atomic E-state index is 11.7. The van der Waals surface area contributed by atoms with E-state index in [4.69, 9.17) is 0 Å². The monoisotopic (exact) mass is 384 g/mol. The van der Waals surface area contributed by atoms with Crippen LogP contribution in [0.25, 0.3) is 11.2 Å². The third-order valence-corrected chi connectivity index (χ3v) is 5.50. The number of nitrogens with zero attached hydrogens (tertiary/aromatic N) is 4. The second kappa shape index (κ2) is 6.75. The second-order valence-corrected chi connectivity index (χ2v) is 8.44. The molecule has 140 valence electrons. The van der Waals surface area contributed by atoms with Gasteiger partial charge in [0.1, 0.15) is 0 Å². The van der Waals surface area contributed by atoms with Crippen molar-refractivity contribution in [3.63, 3.8) is 0 Å². The van der Waals surface area contributed by atoms with Crippen molar-refractivity contribution in [3.8, 4) is 0 Å². The fourth-order valence-corrected chi connectivity index (χ4v) is 3.72. The smallest absolute Gasteiger partial charge is 0.192 e. The van der Waals surface area contributed by atoms with Gasteiger partial charge in [-0.25, -0.2) is 23.4 Å². The van der Waals surface area contributed by atoms with Gasteiger partial charge in [-0.3, -0.25) is 4.40 Å². The molecule has 0 unspecified atom stereocenters. The first-order valence-electron chi connectivity index (χ1n) is 8.60. The molecule has 0 saturated heterocycles. The van der Waals surface area contributed by atoms with Gasteiger partial charge in [-0.05, 0) is 37.6 Å². The maximum absolute atomic E-state index is 11.7. The van der Waals surface area contributed by atoms with Gasteiger partial charge in [0, 0.05) is 25.2 Å². The van der Waals surface area contributed by atoms with Crippen LogP contribution in [0.1, 0.15) is 17.8 Å². The van der Waals surface area contributed by atoms with Crippen LogP contribution in [0.5, 0.6) is 0 Å². The van der Waals surface area contributed by atoms with Gasteiger partial charge in [0.2, 0.25) is 0 Å². The Balaban J connectivity index is 1.71. The molecule has 4 rings (SSSR count). The van der Waals surface area contributed by atoms with E-state index < -0.39 is 9.84 Å². The third-order valence-electron chi connectivity index (χ3n) is 4.51. The lowest BCUT2D eigenvalue weighted by Gasteiger charge is -2.14. The van der Waals surface area contributed by atoms with Crippen LogP contribution in [0.15, 0.2) is 41.8 Å². The van der Waals surface area contributed by atoms with E-state index in [2.05, 4.69) is 31.7 Å². The van der Waals surface area contributed by atoms with Crippen LogP contribution in [0, 0.1) is 6.92 Å². The lowest BCUT2D eigenvalue weighted by Crippen LogP contribution is -2.20. The van der Waals surface area contributed by atoms with Gasteiger partial charge < -0.3 is 10.6 Å². The summed E-state index contributed by atoms with van der Waals surface area (Å²) in [6.07, 6.45) is 9.75. The molecule has 2 N–H and O–H groups in total. The Bertz CT molecular complexity index is 1150. The number of aryl methyl sites for hydroxylation is 1. The maximum Gasteiger partial charge on any atom is 0.192 e. The number of anilines is 2. The standard InChI is InChI=1S/C18H20N6O2S/c1-12-14(3-4-16(22-12)27(2,25)26)23-17-18-21-11-15(24(18)10-9-20-17)13-5-7-19-8-6-13/h3-5,9-11,19H,6-8H2,1-2H3,(H,20,23). The summed E-state index contributed by atoms with van der Waals surface area (Å²) in [4.78, 5) is 13.1. The Kier molecular flexibility index (Phi) is 4.40. The van der Waals surface area contributed by atoms with Crippen LogP contribution >= 0.6 is 0 Å². The van der Waals surface area contributed by atoms with Gasteiger partial charge in [-0.1, -0.05) is 6.08 Å². The summed E-state index contributed by atoms with van der Waals surface area (Å²) in [5, 5.41) is 6.59. The molecule has 3 aromatic heterocycles. The number of sulfone groups is 1. The Hall–Kier alpha value is -2.78. The molecule has 0 bridgehead atoms. The molecule has 4 heterocycles. The highest BCUT2D eigenvalue weighted by Crippen LogP contribution is 2.26. The lowest BCUT2D eigenvalue weighted by atomic mass is 10.1. The first-order valence-corrected chi connectivity index (χ1v) is 10.5. The van der Waals surface area contributed by atoms with E-state index >= 15 is 0 Å². The van der Waals surface area contributed by atoms with E-state index in [1.165, 1.54) is 11.6 Å². The van der Waals surface area contributed by atoms with Crippen LogP contribution in [0.2, 0.25) is 0 Å². The number of aromatic nitrogens is 4. The molecule has 1 aliphatic heterocycles. The summed E-state index contributed by atoms with van der Waals surface area (Å²) >= 11 is 0. The van der Waals surface area contributed by atoms with Gasteiger partial charge in [0.15, 0.2) is 26.3 Å². The molecule has 1 aliphatic rings. The highest BCUT2D eigenvalue weighted by atomic mass is 32.2. The second-order valence-electron chi connectivity index (χ2n) is 6.48. The topological polar surface area (TPSA) is 101 Å². The van der Waals surface area contributed by atoms with E-state index in [0.29, 0.717) is 22.8 Å². The van der Waals surface area contributed by atoms with Crippen LogP contribution in [-0.2, 0) is 9.84 Å². The van der Waals surface area contributed by atoms with Crippen molar-refractivity contribution in [1.29, 1.82) is 0 Å². The first-order chi connectivity index (χ1) is 12.9. The predicted octanol–water partition coefficient (Wildman–Crippen LogP) is 1.96. The Labute approximate surface area is 157 Å². The molecule has 0 fully saturated rings. The fraction of sp³-hybridized carbons (Fsp3) is 0.278. The minimum Gasteiger partial charge on any atom is -0.336 e. The lowest BCUT2D eigenvalue weighted by molar-refractivity contribution is 0.598. The number of hydrogen-bond acceptors (Lipinski definition) is 7. The number of nitrogens with one attached hydrogen (secondary N) is 2. The average Bonchev–Trinajstić information content (AvgIpc) is 3.08. The number of imidazole rings is 1. The summed E-state index contributed by atoms with van der Waals surface area (Å²) in [6.45, 7) is 3.57. The molecule has 3 aromatic rings. The number of rotatable bonds is 4. The van der Waals surface area contributed by atoms with Crippen molar-refractivity contribution in [2.24, 2.45) is 0 Å². The first kappa shape index (κ1) is 17.6. The molecule has 0 saturated carbocycles. The summed E-state index contributed by atoms with van der Waals surface area (Å²) in [5.41, 5.74) is 4.29. The van der Waals surface area contributed by atoms with Crippen molar-refractivity contribution < 1.29 is 8.42 Å². The van der Waals surface area contributed by atoms with Crippen LogP contribution < -0.4 is 10.6 Å². The van der Waals surface area contributed by atoms with Crippen LogP contribution in [0.4, 0.5) is 11.5 Å². The van der Waals surface area contributed by atoms with Crippen molar-refractivity contribution in [2.75, 3.05) is 24.7 Å². The molecule has 0 aliphatic carbocycles. The summed E-state index contributed by atoms with van der Waals surface area (Å²) < 4.78 is 25.3. The van der Waals surface area contributed by atoms with Gasteiger partial charge >= 0.3 is 0 Å². The van der Waals surface area contributed by atoms with E-state index in [1.54, 1.807) is 19.2 Å². The molecule has 27 heavy (non-hydrogen) atoms. The van der Waals surface area contributed by atoms with Crippen LogP contribution in [0.3, 0.4) is 0 Å². The highest BCUT2D eigenvalue weighted by molar-refractivity contribution is 7.90. The van der Waals surface area contributed by atoms with Crippen LogP contribution in [-0.4, -0.2) is 47.1 Å². The Morgan fingerprint density at radius 2 is 2.11 bits per heavy atom. The minimum absolute atomic E-state index is 0.0534. The van der Waals surface area contributed by atoms with E-state index in [-0.39, 0.29) is 5.03 Å². The summed E-state index contributed by atoms with van der Waals surface area (Å²) in [6, 6.07) is 3.19. The normalized spacial score (nSPS) is 15.0. The van der Waals surface area contributed by atoms with Gasteiger partial charge in [0.25, 0.3) is 0 Å². The number of hydrogen-bond donors (Lipinski definition) is 2. The molecule has 0 amide bonds. The average molecular weight is 384 g/mol. The SMILES string of the molecule is Cc1nc(S(C)(=O)=O)ccc1Nc1nccn2c(C3=CCNCC3)cnc12. The Morgan fingerprint density at radius 1 is 1.26 bits per heavy atom. The van der Waals surface area contributed by atoms with E-state index in [0.717, 1.165) is 31.5 Å². The van der Waals surface area contributed by atoms with Crippen molar-refractivity contribution in [1.82, 2.24) is 24.7 Å². The van der Waals surface area contributed by atoms with E-state index in [1.807, 2.05) is 16.8 Å². The molecule has 9 heteroatoms. The molecule has 0 radical (unpaired) electrons. The van der Waals surface area contributed by atoms with Gasteiger partial charge in [-0.15, -0.1) is 0 Å². The predicted molar refractivity (Wildman–Crippen MR) is 104 cm³/mol. The fourth-order valence-electron chi connectivity index (χ4n) is 3.10. The molecule has 0 atom stereocenters. The molecular formula is C18H20N6O2S. The van der Waals surface area contributed by atoms with Gasteiger partial charge in [-0.2, -0.15) is 0 Å². The molecule has 0 spiro atoms. The molecule has 0 aromatic carbocycles.